The number of carbonyl (C=O) groups is 1. The second-order valence-corrected chi connectivity index (χ2v) is 4.08. The van der Waals surface area contributed by atoms with Crippen LogP contribution < -0.4 is 10.3 Å². The molecule has 5 heteroatoms. The molecule has 1 atom stereocenters. The lowest BCUT2D eigenvalue weighted by atomic mass is 10.2. The molecule has 0 radical (unpaired) electrons. The Morgan fingerprint density at radius 3 is 2.84 bits per heavy atom. The second-order valence-electron chi connectivity index (χ2n) is 4.08. The van der Waals surface area contributed by atoms with E-state index in [1.165, 1.54) is 6.07 Å². The molecule has 1 aromatic heterocycles. The number of hydrogen-bond donors (Lipinski definition) is 1. The van der Waals surface area contributed by atoms with Crippen molar-refractivity contribution in [2.24, 2.45) is 0 Å². The van der Waals surface area contributed by atoms with Crippen molar-refractivity contribution in [3.8, 4) is 5.75 Å². The highest BCUT2D eigenvalue weighted by molar-refractivity contribution is 5.80. The molecule has 1 unspecified atom stereocenters. The average molecular weight is 261 g/mol. The predicted molar refractivity (Wildman–Crippen MR) is 71.3 cm³/mol. The number of rotatable bonds is 4. The largest absolute Gasteiger partial charge is 0.479 e. The molecule has 0 aliphatic heterocycles. The monoisotopic (exact) mass is 261 g/mol. The summed E-state index contributed by atoms with van der Waals surface area (Å²) in [5.41, 5.74) is 0.574. The molecule has 0 spiro atoms. The summed E-state index contributed by atoms with van der Waals surface area (Å²) < 4.78 is 10.4. The molecule has 100 valence electrons. The highest BCUT2D eigenvalue weighted by Crippen LogP contribution is 2.19. The Morgan fingerprint density at radius 1 is 1.32 bits per heavy atom. The maximum atomic E-state index is 11.5. The molecule has 2 rings (SSSR count). The number of hydrogen-bond acceptors (Lipinski definition) is 4. The molecule has 19 heavy (non-hydrogen) atoms. The lowest BCUT2D eigenvalue weighted by Gasteiger charge is -2.13. The van der Waals surface area contributed by atoms with Crippen LogP contribution in [0.1, 0.15) is 13.8 Å². The van der Waals surface area contributed by atoms with Crippen molar-refractivity contribution < 1.29 is 14.3 Å². The van der Waals surface area contributed by atoms with E-state index in [2.05, 4.69) is 4.98 Å². The lowest BCUT2D eigenvalue weighted by molar-refractivity contribution is -0.150. The van der Waals surface area contributed by atoms with Crippen LogP contribution in [0.4, 0.5) is 0 Å². The minimum atomic E-state index is -0.667. The summed E-state index contributed by atoms with van der Waals surface area (Å²) in [6.07, 6.45) is -0.667. The van der Waals surface area contributed by atoms with Crippen molar-refractivity contribution in [1.82, 2.24) is 4.98 Å². The van der Waals surface area contributed by atoms with Gasteiger partial charge in [0.15, 0.2) is 6.10 Å². The fourth-order valence-corrected chi connectivity index (χ4v) is 1.72. The summed E-state index contributed by atoms with van der Waals surface area (Å²) >= 11 is 0. The van der Waals surface area contributed by atoms with Gasteiger partial charge in [-0.2, -0.15) is 0 Å². The van der Waals surface area contributed by atoms with E-state index in [-0.39, 0.29) is 5.56 Å². The molecule has 0 fully saturated rings. The number of aromatic amines is 1. The summed E-state index contributed by atoms with van der Waals surface area (Å²) in [6.45, 7) is 3.71. The van der Waals surface area contributed by atoms with Crippen molar-refractivity contribution in [2.45, 2.75) is 20.0 Å². The third-order valence-corrected chi connectivity index (χ3v) is 2.63. The minimum Gasteiger partial charge on any atom is -0.479 e. The Hall–Kier alpha value is -2.30. The first-order chi connectivity index (χ1) is 9.10. The quantitative estimate of drug-likeness (QED) is 0.853. The number of benzene rings is 1. The van der Waals surface area contributed by atoms with E-state index < -0.39 is 12.1 Å². The maximum absolute atomic E-state index is 11.5. The van der Waals surface area contributed by atoms with Crippen LogP contribution in [0, 0.1) is 0 Å². The molecule has 0 amide bonds. The maximum Gasteiger partial charge on any atom is 0.347 e. The van der Waals surface area contributed by atoms with E-state index in [1.807, 2.05) is 0 Å². The summed E-state index contributed by atoms with van der Waals surface area (Å²) in [7, 11) is 0. The number of carbonyl (C=O) groups excluding carboxylic acids is 1. The van der Waals surface area contributed by atoms with Crippen molar-refractivity contribution in [3.05, 3.63) is 40.7 Å². The Balaban J connectivity index is 2.20. The van der Waals surface area contributed by atoms with Gasteiger partial charge in [-0.15, -0.1) is 0 Å². The molecule has 0 aliphatic rings. The SMILES string of the molecule is CCOC(=O)C(C)Oc1ccc2[nH]c(=O)ccc2c1. The fourth-order valence-electron chi connectivity index (χ4n) is 1.72. The zero-order chi connectivity index (χ0) is 13.8. The molecule has 1 aromatic carbocycles. The molecule has 2 aromatic rings. The molecule has 0 saturated heterocycles. The first kappa shape index (κ1) is 13.1. The smallest absolute Gasteiger partial charge is 0.347 e. The Kier molecular flexibility index (Phi) is 3.85. The van der Waals surface area contributed by atoms with E-state index in [0.717, 1.165) is 10.9 Å². The van der Waals surface area contributed by atoms with Crippen LogP contribution in [-0.2, 0) is 9.53 Å². The third kappa shape index (κ3) is 3.13. The van der Waals surface area contributed by atoms with Crippen molar-refractivity contribution in [2.75, 3.05) is 6.61 Å². The molecule has 0 bridgehead atoms. The van der Waals surface area contributed by atoms with E-state index in [4.69, 9.17) is 9.47 Å². The Bertz CT molecular complexity index is 647. The van der Waals surface area contributed by atoms with Gasteiger partial charge in [0.2, 0.25) is 5.56 Å². The highest BCUT2D eigenvalue weighted by Gasteiger charge is 2.15. The van der Waals surface area contributed by atoms with Gasteiger partial charge >= 0.3 is 5.97 Å². The minimum absolute atomic E-state index is 0.152. The summed E-state index contributed by atoms with van der Waals surface area (Å²) in [5.74, 6) is 0.157. The Labute approximate surface area is 110 Å². The Morgan fingerprint density at radius 2 is 2.11 bits per heavy atom. The van der Waals surface area contributed by atoms with Crippen LogP contribution in [-0.4, -0.2) is 23.7 Å². The molecule has 1 N–H and O–H groups in total. The van der Waals surface area contributed by atoms with E-state index in [1.54, 1.807) is 38.1 Å². The normalized spacial score (nSPS) is 12.1. The number of H-pyrrole nitrogens is 1. The van der Waals surface area contributed by atoms with Gasteiger partial charge in [-0.3, -0.25) is 4.79 Å². The molecule has 0 aliphatic carbocycles. The number of aromatic nitrogens is 1. The van der Waals surface area contributed by atoms with Crippen LogP contribution >= 0.6 is 0 Å². The van der Waals surface area contributed by atoms with Gasteiger partial charge in [0.1, 0.15) is 5.75 Å². The molecular formula is C14H15NO4. The van der Waals surface area contributed by atoms with Crippen LogP contribution in [0.2, 0.25) is 0 Å². The van der Waals surface area contributed by atoms with Crippen LogP contribution in [0.25, 0.3) is 10.9 Å². The van der Waals surface area contributed by atoms with Gasteiger partial charge in [-0.05, 0) is 38.1 Å². The van der Waals surface area contributed by atoms with Gasteiger partial charge in [-0.25, -0.2) is 4.79 Å². The van der Waals surface area contributed by atoms with E-state index >= 15 is 0 Å². The first-order valence-corrected chi connectivity index (χ1v) is 6.06. The summed E-state index contributed by atoms with van der Waals surface area (Å²) in [5, 5.41) is 0.841. The van der Waals surface area contributed by atoms with Crippen molar-refractivity contribution in [3.63, 3.8) is 0 Å². The van der Waals surface area contributed by atoms with Gasteiger partial charge in [0, 0.05) is 17.0 Å². The third-order valence-electron chi connectivity index (χ3n) is 2.63. The summed E-state index contributed by atoms with van der Waals surface area (Å²) in [4.78, 5) is 25.3. The summed E-state index contributed by atoms with van der Waals surface area (Å²) in [6, 6.07) is 8.36. The van der Waals surface area contributed by atoms with Crippen LogP contribution in [0.3, 0.4) is 0 Å². The van der Waals surface area contributed by atoms with Crippen LogP contribution in [0.15, 0.2) is 35.1 Å². The topological polar surface area (TPSA) is 68.4 Å². The van der Waals surface area contributed by atoms with Crippen molar-refractivity contribution >= 4 is 16.9 Å². The van der Waals surface area contributed by atoms with Gasteiger partial charge in [-0.1, -0.05) is 0 Å². The second kappa shape index (κ2) is 5.56. The number of pyridine rings is 1. The molecular weight excluding hydrogens is 246 g/mol. The van der Waals surface area contributed by atoms with E-state index in [0.29, 0.717) is 12.4 Å². The number of ether oxygens (including phenoxy) is 2. The highest BCUT2D eigenvalue weighted by atomic mass is 16.6. The molecule has 0 saturated carbocycles. The number of nitrogens with one attached hydrogen (secondary N) is 1. The predicted octanol–water partition coefficient (Wildman–Crippen LogP) is 1.86. The van der Waals surface area contributed by atoms with Crippen LogP contribution in [0.5, 0.6) is 5.75 Å². The van der Waals surface area contributed by atoms with Gasteiger partial charge < -0.3 is 14.5 Å². The fraction of sp³-hybridized carbons (Fsp3) is 0.286. The zero-order valence-electron chi connectivity index (χ0n) is 10.8. The van der Waals surface area contributed by atoms with Gasteiger partial charge in [0.05, 0.1) is 6.61 Å². The van der Waals surface area contributed by atoms with Crippen molar-refractivity contribution in [1.29, 1.82) is 0 Å². The lowest BCUT2D eigenvalue weighted by Crippen LogP contribution is -2.26. The molecule has 1 heterocycles. The number of esters is 1. The zero-order valence-corrected chi connectivity index (χ0v) is 10.8. The van der Waals surface area contributed by atoms with E-state index in [9.17, 15) is 9.59 Å². The average Bonchev–Trinajstić information content (AvgIpc) is 2.39. The first-order valence-electron chi connectivity index (χ1n) is 6.06. The molecule has 5 nitrogen and oxygen atoms in total. The van der Waals surface area contributed by atoms with Gasteiger partial charge in [0.25, 0.3) is 0 Å². The number of fused-ring (bicyclic) bond motifs is 1. The standard InChI is InChI=1S/C14H15NO4/c1-3-18-14(17)9(2)19-11-5-6-12-10(8-11)4-7-13(16)15-12/h4-9H,3H2,1-2H3,(H,15,16).